The first-order valence-corrected chi connectivity index (χ1v) is 5.55. The Morgan fingerprint density at radius 3 is 2.62 bits per heavy atom. The van der Waals surface area contributed by atoms with Crippen molar-refractivity contribution in [2.45, 2.75) is 6.92 Å². The second-order valence-corrected chi connectivity index (χ2v) is 3.78. The van der Waals surface area contributed by atoms with Crippen molar-refractivity contribution >= 4 is 28.3 Å². The van der Waals surface area contributed by atoms with Crippen molar-refractivity contribution in [3.05, 3.63) is 5.01 Å². The van der Waals surface area contributed by atoms with Crippen LogP contribution in [0.4, 0.5) is 5.13 Å². The zero-order chi connectivity index (χ0) is 12.0. The highest BCUT2D eigenvalue weighted by molar-refractivity contribution is 7.17. The van der Waals surface area contributed by atoms with Crippen molar-refractivity contribution in [3.63, 3.8) is 0 Å². The first kappa shape index (κ1) is 12.4. The van der Waals surface area contributed by atoms with Crippen LogP contribution < -0.4 is 16.0 Å². The van der Waals surface area contributed by atoms with Crippen molar-refractivity contribution in [2.24, 2.45) is 0 Å². The summed E-state index contributed by atoms with van der Waals surface area (Å²) in [5.41, 5.74) is 0. The van der Waals surface area contributed by atoms with Gasteiger partial charge in [0, 0.05) is 13.6 Å². The van der Waals surface area contributed by atoms with Crippen LogP contribution in [0, 0.1) is 0 Å². The number of nitrogens with zero attached hydrogens (tertiary/aromatic N) is 2. The number of hydrogen-bond donors (Lipinski definition) is 3. The summed E-state index contributed by atoms with van der Waals surface area (Å²) < 4.78 is 0. The lowest BCUT2D eigenvalue weighted by molar-refractivity contribution is -0.120. The van der Waals surface area contributed by atoms with E-state index in [2.05, 4.69) is 26.1 Å². The van der Waals surface area contributed by atoms with Gasteiger partial charge in [0.2, 0.25) is 16.0 Å². The molecule has 0 saturated heterocycles. The van der Waals surface area contributed by atoms with Crippen LogP contribution in [0.3, 0.4) is 0 Å². The molecule has 0 unspecified atom stereocenters. The fourth-order valence-corrected chi connectivity index (χ4v) is 1.53. The Morgan fingerprint density at radius 1 is 1.31 bits per heavy atom. The third-order valence-electron chi connectivity index (χ3n) is 1.62. The monoisotopic (exact) mass is 243 g/mol. The third kappa shape index (κ3) is 3.46. The molecule has 1 heterocycles. The second-order valence-electron chi connectivity index (χ2n) is 2.80. The summed E-state index contributed by atoms with van der Waals surface area (Å²) in [7, 11) is 1.69. The van der Waals surface area contributed by atoms with Gasteiger partial charge in [-0.15, -0.1) is 10.2 Å². The molecule has 88 valence electrons. The van der Waals surface area contributed by atoms with Gasteiger partial charge in [0.25, 0.3) is 5.91 Å². The molecule has 0 aliphatic carbocycles. The lowest BCUT2D eigenvalue weighted by Gasteiger charge is -2.02. The van der Waals surface area contributed by atoms with Gasteiger partial charge in [-0.2, -0.15) is 0 Å². The van der Waals surface area contributed by atoms with Crippen molar-refractivity contribution in [2.75, 3.05) is 25.5 Å². The lowest BCUT2D eigenvalue weighted by Crippen LogP contribution is -2.36. The van der Waals surface area contributed by atoms with E-state index in [0.717, 1.165) is 11.3 Å². The van der Waals surface area contributed by atoms with E-state index in [1.807, 2.05) is 6.92 Å². The zero-order valence-corrected chi connectivity index (χ0v) is 9.85. The third-order valence-corrected chi connectivity index (χ3v) is 2.56. The molecule has 0 aliphatic heterocycles. The smallest absolute Gasteiger partial charge is 0.282 e. The number of nitrogens with one attached hydrogen (secondary N) is 3. The molecule has 1 aromatic rings. The summed E-state index contributed by atoms with van der Waals surface area (Å²) in [6, 6.07) is 0. The Morgan fingerprint density at radius 2 is 2.06 bits per heavy atom. The Bertz CT molecular complexity index is 378. The number of amides is 2. The van der Waals surface area contributed by atoms with E-state index in [1.165, 1.54) is 0 Å². The minimum Gasteiger partial charge on any atom is -0.363 e. The Hall–Kier alpha value is -1.70. The Balaban J connectivity index is 2.43. The van der Waals surface area contributed by atoms with Gasteiger partial charge in [0.1, 0.15) is 0 Å². The first-order chi connectivity index (χ1) is 7.67. The van der Waals surface area contributed by atoms with Crippen LogP contribution in [0.1, 0.15) is 16.7 Å². The predicted molar refractivity (Wildman–Crippen MR) is 60.5 cm³/mol. The van der Waals surface area contributed by atoms with Crippen LogP contribution in [0.15, 0.2) is 0 Å². The fraction of sp³-hybridized carbons (Fsp3) is 0.500. The van der Waals surface area contributed by atoms with Gasteiger partial charge >= 0.3 is 0 Å². The molecule has 7 nitrogen and oxygen atoms in total. The number of likely N-dealkylation sites (N-methyl/N-ethyl adjacent to an activating group) is 1. The number of hydrogen-bond acceptors (Lipinski definition) is 6. The average Bonchev–Trinajstić information content (AvgIpc) is 2.75. The van der Waals surface area contributed by atoms with Crippen LogP contribution in [-0.4, -0.2) is 42.1 Å². The Kier molecular flexibility index (Phi) is 4.65. The standard InChI is InChI=1S/C8H13N5O2S/c1-3-10-5(14)4-11-6(15)7-12-13-8(9-2)16-7/h3-4H2,1-2H3,(H,9,13)(H,10,14)(H,11,15). The summed E-state index contributed by atoms with van der Waals surface area (Å²) in [6.07, 6.45) is 0. The highest BCUT2D eigenvalue weighted by atomic mass is 32.1. The molecule has 0 spiro atoms. The summed E-state index contributed by atoms with van der Waals surface area (Å²) in [5.74, 6) is -0.626. The van der Waals surface area contributed by atoms with E-state index >= 15 is 0 Å². The van der Waals surface area contributed by atoms with E-state index in [9.17, 15) is 9.59 Å². The molecular formula is C8H13N5O2S. The molecule has 0 fully saturated rings. The van der Waals surface area contributed by atoms with E-state index in [1.54, 1.807) is 7.05 Å². The molecule has 8 heteroatoms. The second kappa shape index (κ2) is 6.01. The molecule has 1 aromatic heterocycles. The number of carbonyl (C=O) groups excluding carboxylic acids is 2. The zero-order valence-electron chi connectivity index (χ0n) is 9.03. The van der Waals surface area contributed by atoms with Crippen molar-refractivity contribution < 1.29 is 9.59 Å². The molecule has 0 bridgehead atoms. The molecule has 0 radical (unpaired) electrons. The van der Waals surface area contributed by atoms with Gasteiger partial charge in [0.05, 0.1) is 6.54 Å². The minimum atomic E-state index is -0.398. The highest BCUT2D eigenvalue weighted by Crippen LogP contribution is 2.13. The van der Waals surface area contributed by atoms with Gasteiger partial charge in [-0.05, 0) is 6.92 Å². The number of rotatable bonds is 5. The van der Waals surface area contributed by atoms with E-state index in [4.69, 9.17) is 0 Å². The lowest BCUT2D eigenvalue weighted by atomic mass is 10.5. The number of anilines is 1. The van der Waals surface area contributed by atoms with Crippen molar-refractivity contribution in [1.82, 2.24) is 20.8 Å². The molecule has 16 heavy (non-hydrogen) atoms. The van der Waals surface area contributed by atoms with Crippen LogP contribution in [0.2, 0.25) is 0 Å². The normalized spacial score (nSPS) is 9.62. The van der Waals surface area contributed by atoms with Crippen molar-refractivity contribution in [1.29, 1.82) is 0 Å². The maximum atomic E-state index is 11.5. The number of carbonyl (C=O) groups is 2. The quantitative estimate of drug-likeness (QED) is 0.644. The van der Waals surface area contributed by atoms with Crippen LogP contribution in [0.5, 0.6) is 0 Å². The van der Waals surface area contributed by atoms with Crippen LogP contribution >= 0.6 is 11.3 Å². The highest BCUT2D eigenvalue weighted by Gasteiger charge is 2.12. The molecule has 0 atom stereocenters. The van der Waals surface area contributed by atoms with Gasteiger partial charge < -0.3 is 16.0 Å². The van der Waals surface area contributed by atoms with Gasteiger partial charge in [-0.3, -0.25) is 9.59 Å². The molecular weight excluding hydrogens is 230 g/mol. The molecule has 0 aromatic carbocycles. The summed E-state index contributed by atoms with van der Waals surface area (Å²) in [4.78, 5) is 22.5. The van der Waals surface area contributed by atoms with E-state index in [-0.39, 0.29) is 17.5 Å². The SMILES string of the molecule is CCNC(=O)CNC(=O)c1nnc(NC)s1. The first-order valence-electron chi connectivity index (χ1n) is 4.73. The molecule has 3 N–H and O–H groups in total. The molecule has 2 amide bonds. The predicted octanol–water partition coefficient (Wildman–Crippen LogP) is -0.554. The summed E-state index contributed by atoms with van der Waals surface area (Å²) >= 11 is 1.13. The van der Waals surface area contributed by atoms with Crippen molar-refractivity contribution in [3.8, 4) is 0 Å². The van der Waals surface area contributed by atoms with Gasteiger partial charge in [-0.25, -0.2) is 0 Å². The average molecular weight is 243 g/mol. The van der Waals surface area contributed by atoms with Crippen LogP contribution in [0.25, 0.3) is 0 Å². The Labute approximate surface area is 96.6 Å². The molecule has 0 aliphatic rings. The number of aromatic nitrogens is 2. The fourth-order valence-electron chi connectivity index (χ4n) is 0.912. The minimum absolute atomic E-state index is 0.0544. The molecule has 1 rings (SSSR count). The van der Waals surface area contributed by atoms with E-state index in [0.29, 0.717) is 11.7 Å². The van der Waals surface area contributed by atoms with E-state index < -0.39 is 5.91 Å². The largest absolute Gasteiger partial charge is 0.363 e. The summed E-state index contributed by atoms with van der Waals surface area (Å²) in [5, 5.41) is 16.0. The maximum absolute atomic E-state index is 11.5. The van der Waals surface area contributed by atoms with Gasteiger partial charge in [-0.1, -0.05) is 11.3 Å². The maximum Gasteiger partial charge on any atom is 0.282 e. The van der Waals surface area contributed by atoms with Crippen LogP contribution in [-0.2, 0) is 4.79 Å². The summed E-state index contributed by atoms with van der Waals surface area (Å²) in [6.45, 7) is 2.29. The molecule has 0 saturated carbocycles. The topological polar surface area (TPSA) is 96.0 Å². The van der Waals surface area contributed by atoms with Gasteiger partial charge in [0.15, 0.2) is 0 Å².